The summed E-state index contributed by atoms with van der Waals surface area (Å²) < 4.78 is 6.11. The second-order valence-electron chi connectivity index (χ2n) is 11.8. The maximum absolute atomic E-state index is 13.6. The van der Waals surface area contributed by atoms with Crippen molar-refractivity contribution >= 4 is 14.3 Å². The summed E-state index contributed by atoms with van der Waals surface area (Å²) in [5.74, 6) is 0.0616. The number of ether oxygens (including phenoxy) is 1. The van der Waals surface area contributed by atoms with Crippen LogP contribution < -0.4 is 0 Å². The first-order valence-corrected chi connectivity index (χ1v) is 15.8. The van der Waals surface area contributed by atoms with Gasteiger partial charge in [0.25, 0.3) is 0 Å². The van der Waals surface area contributed by atoms with E-state index < -0.39 is 5.41 Å². The summed E-state index contributed by atoms with van der Waals surface area (Å²) >= 11 is 0. The molecule has 5 aromatic rings. The fourth-order valence-electron chi connectivity index (χ4n) is 7.00. The van der Waals surface area contributed by atoms with Crippen molar-refractivity contribution in [2.45, 2.75) is 37.8 Å². The molecule has 6 rings (SSSR count). The highest BCUT2D eigenvalue weighted by molar-refractivity contribution is 7.57. The lowest BCUT2D eigenvalue weighted by atomic mass is 9.54. The molecule has 0 spiro atoms. The predicted octanol–water partition coefficient (Wildman–Crippen LogP) is 10.1. The first kappa shape index (κ1) is 28.1. The molecule has 210 valence electrons. The third kappa shape index (κ3) is 4.79. The first-order chi connectivity index (χ1) is 20.4. The minimum atomic E-state index is -0.479. The van der Waals surface area contributed by atoms with E-state index in [1.165, 1.54) is 38.9 Å². The average molecular weight is 569 g/mol. The maximum Gasteiger partial charge on any atom is 0.323 e. The van der Waals surface area contributed by atoms with Gasteiger partial charge in [0.05, 0.1) is 5.41 Å². The van der Waals surface area contributed by atoms with Crippen molar-refractivity contribution in [2.75, 3.05) is 6.61 Å². The zero-order valence-corrected chi connectivity index (χ0v) is 25.5. The second-order valence-corrected chi connectivity index (χ2v) is 13.3. The lowest BCUT2D eigenvalue weighted by Crippen LogP contribution is -2.49. The van der Waals surface area contributed by atoms with Crippen LogP contribution in [0, 0.1) is 5.41 Å². The first-order valence-electron chi connectivity index (χ1n) is 14.7. The topological polar surface area (TPSA) is 26.3 Å². The number of benzene rings is 5. The van der Waals surface area contributed by atoms with Crippen molar-refractivity contribution < 1.29 is 9.53 Å². The van der Waals surface area contributed by atoms with Gasteiger partial charge in [0.2, 0.25) is 0 Å². The number of hydrogen-bond donors (Lipinski definition) is 0. The molecule has 2 nitrogen and oxygen atoms in total. The van der Waals surface area contributed by atoms with Gasteiger partial charge >= 0.3 is 5.71 Å². The predicted molar refractivity (Wildman–Crippen MR) is 176 cm³/mol. The highest BCUT2D eigenvalue weighted by Gasteiger charge is 2.52. The highest BCUT2D eigenvalue weighted by atomic mass is 31.1. The molecule has 2 atom stereocenters. The Morgan fingerprint density at radius 2 is 1.02 bits per heavy atom. The van der Waals surface area contributed by atoms with E-state index in [-0.39, 0.29) is 31.3 Å². The molecule has 2 unspecified atom stereocenters. The van der Waals surface area contributed by atoms with E-state index in [1.807, 2.05) is 0 Å². The Morgan fingerprint density at radius 3 is 1.45 bits per heavy atom. The standard InChI is InChI=1S/C39H37O2P/c1-28(42-37(40)41-27-36-34-25-15-13-23-32(34)33-24-14-16-26-35(33)36)38(2,3)39(29-17-7-4-8-18-29,30-19-9-5-10-20-30)31-21-11-6-12-22-31/h4-26,28,36,42H,27H2,1-3H3. The lowest BCUT2D eigenvalue weighted by molar-refractivity contribution is 0.169. The molecule has 1 aliphatic rings. The molecule has 0 radical (unpaired) electrons. The summed E-state index contributed by atoms with van der Waals surface area (Å²) in [6.07, 6.45) is 0. The molecular weight excluding hydrogens is 531 g/mol. The van der Waals surface area contributed by atoms with E-state index in [9.17, 15) is 4.79 Å². The van der Waals surface area contributed by atoms with E-state index >= 15 is 0 Å². The van der Waals surface area contributed by atoms with Crippen molar-refractivity contribution in [1.29, 1.82) is 0 Å². The van der Waals surface area contributed by atoms with Crippen LogP contribution in [-0.2, 0) is 10.2 Å². The van der Waals surface area contributed by atoms with Gasteiger partial charge in [0.1, 0.15) is 6.61 Å². The lowest BCUT2D eigenvalue weighted by Gasteiger charge is -2.51. The zero-order chi connectivity index (χ0) is 29.2. The van der Waals surface area contributed by atoms with Gasteiger partial charge in [-0.1, -0.05) is 160 Å². The van der Waals surface area contributed by atoms with Crippen LogP contribution in [-0.4, -0.2) is 18.0 Å². The van der Waals surface area contributed by atoms with Gasteiger partial charge in [-0.2, -0.15) is 0 Å². The van der Waals surface area contributed by atoms with Crippen LogP contribution in [0.15, 0.2) is 140 Å². The van der Waals surface area contributed by atoms with Crippen molar-refractivity contribution in [3.8, 4) is 11.1 Å². The Labute approximate surface area is 251 Å². The van der Waals surface area contributed by atoms with Crippen molar-refractivity contribution in [1.82, 2.24) is 0 Å². The number of hydrogen-bond acceptors (Lipinski definition) is 2. The molecule has 42 heavy (non-hydrogen) atoms. The number of rotatable bonds is 9. The minimum absolute atomic E-state index is 0.00675. The Hall–Kier alpha value is -4.00. The van der Waals surface area contributed by atoms with Gasteiger partial charge in [0.15, 0.2) is 0 Å². The molecule has 0 fully saturated rings. The van der Waals surface area contributed by atoms with E-state index in [1.54, 1.807) is 0 Å². The largest absolute Gasteiger partial charge is 0.462 e. The molecule has 0 aromatic heterocycles. The Balaban J connectivity index is 1.31. The van der Waals surface area contributed by atoms with Gasteiger partial charge in [-0.25, -0.2) is 4.79 Å². The quantitative estimate of drug-likeness (QED) is 0.131. The number of carbonyl (C=O) groups is 1. The molecule has 5 aromatic carbocycles. The fourth-order valence-corrected chi connectivity index (χ4v) is 8.10. The second kappa shape index (κ2) is 11.7. The molecule has 0 heterocycles. The summed E-state index contributed by atoms with van der Waals surface area (Å²) in [5, 5.41) is 0. The summed E-state index contributed by atoms with van der Waals surface area (Å²) in [7, 11) is 0.00675. The van der Waals surface area contributed by atoms with Gasteiger partial charge in [-0.05, 0) is 58.6 Å². The van der Waals surface area contributed by atoms with E-state index in [2.05, 4.69) is 160 Å². The summed E-state index contributed by atoms with van der Waals surface area (Å²) in [6.45, 7) is 7.19. The molecule has 0 aliphatic heterocycles. The van der Waals surface area contributed by atoms with E-state index in [4.69, 9.17) is 4.74 Å². The van der Waals surface area contributed by atoms with E-state index in [0.29, 0.717) is 6.61 Å². The Bertz CT molecular complexity index is 1520. The van der Waals surface area contributed by atoms with Crippen LogP contribution in [0.25, 0.3) is 11.1 Å². The molecule has 0 saturated heterocycles. The Kier molecular flexibility index (Phi) is 7.84. The van der Waals surface area contributed by atoms with Crippen LogP contribution in [0.5, 0.6) is 0 Å². The number of fused-ring (bicyclic) bond motifs is 3. The SMILES string of the molecule is CC(PC(=O)OCC1c2ccccc2-c2ccccc21)C(C)(C)C(c1ccccc1)(c1ccccc1)c1ccccc1. The van der Waals surface area contributed by atoms with Crippen LogP contribution in [0.3, 0.4) is 0 Å². The van der Waals surface area contributed by atoms with Crippen molar-refractivity contribution in [2.24, 2.45) is 5.41 Å². The van der Waals surface area contributed by atoms with Crippen molar-refractivity contribution in [3.63, 3.8) is 0 Å². The molecule has 3 heteroatoms. The third-order valence-corrected chi connectivity index (χ3v) is 10.9. The average Bonchev–Trinajstić information content (AvgIpc) is 3.35. The fraction of sp³-hybridized carbons (Fsp3) is 0.205. The van der Waals surface area contributed by atoms with Gasteiger partial charge < -0.3 is 4.74 Å². The highest BCUT2D eigenvalue weighted by Crippen LogP contribution is 2.57. The molecule has 1 aliphatic carbocycles. The van der Waals surface area contributed by atoms with E-state index in [0.717, 1.165) is 0 Å². The third-order valence-electron chi connectivity index (χ3n) is 9.35. The van der Waals surface area contributed by atoms with Gasteiger partial charge in [-0.3, -0.25) is 0 Å². The molecule has 0 N–H and O–H groups in total. The maximum atomic E-state index is 13.6. The summed E-state index contributed by atoms with van der Waals surface area (Å²) in [4.78, 5) is 13.6. The number of carbonyl (C=O) groups excluding carboxylic acids is 1. The molecule has 0 bridgehead atoms. The van der Waals surface area contributed by atoms with Crippen LogP contribution in [0.1, 0.15) is 54.5 Å². The van der Waals surface area contributed by atoms with Crippen molar-refractivity contribution in [3.05, 3.63) is 167 Å². The monoisotopic (exact) mass is 568 g/mol. The molecule has 0 amide bonds. The summed E-state index contributed by atoms with van der Waals surface area (Å²) in [5.41, 5.74) is 7.69. The van der Waals surface area contributed by atoms with Crippen LogP contribution in [0.4, 0.5) is 4.79 Å². The zero-order valence-electron chi connectivity index (χ0n) is 24.5. The van der Waals surface area contributed by atoms with Crippen LogP contribution in [0.2, 0.25) is 0 Å². The molecule has 0 saturated carbocycles. The molecular formula is C39H37O2P. The minimum Gasteiger partial charge on any atom is -0.462 e. The van der Waals surface area contributed by atoms with Gasteiger partial charge in [-0.15, -0.1) is 0 Å². The van der Waals surface area contributed by atoms with Gasteiger partial charge in [0, 0.05) is 5.92 Å². The smallest absolute Gasteiger partial charge is 0.323 e. The normalized spacial score (nSPS) is 14.0. The van der Waals surface area contributed by atoms with Crippen LogP contribution >= 0.6 is 8.58 Å². The Morgan fingerprint density at radius 1 is 0.643 bits per heavy atom. The summed E-state index contributed by atoms with van der Waals surface area (Å²) in [6, 6.07) is 49.2.